The summed E-state index contributed by atoms with van der Waals surface area (Å²) in [5.41, 5.74) is 0. The van der Waals surface area contributed by atoms with Crippen molar-refractivity contribution in [2.75, 3.05) is 11.5 Å². The zero-order valence-electron chi connectivity index (χ0n) is 11.3. The highest BCUT2D eigenvalue weighted by atomic mass is 32.2. The average molecular weight is 290 g/mol. The number of carbonyl (C=O) groups excluding carboxylic acids is 1. The number of carboxylic acids is 1. The second-order valence-corrected chi connectivity index (χ2v) is 6.96. The first-order valence-corrected chi connectivity index (χ1v) is 8.02. The molecule has 0 aliphatic carbocycles. The maximum Gasteiger partial charge on any atom is 0.326 e. The van der Waals surface area contributed by atoms with Gasteiger partial charge in [-0.3, -0.25) is 4.21 Å². The Morgan fingerprint density at radius 3 is 2.37 bits per heavy atom. The smallest absolute Gasteiger partial charge is 0.326 e. The van der Waals surface area contributed by atoms with E-state index in [1.807, 2.05) is 13.8 Å². The highest BCUT2D eigenvalue weighted by molar-refractivity contribution is 7.85. The molecule has 6 nitrogen and oxygen atoms in total. The minimum absolute atomic E-state index is 0.00815. The van der Waals surface area contributed by atoms with Crippen molar-refractivity contribution in [1.82, 2.24) is 10.6 Å². The SMILES string of the molecule is CC(C)CC(NC(=O)NC1CCS(=O)CC1)C(=O)O. The first-order chi connectivity index (χ1) is 8.88. The van der Waals surface area contributed by atoms with Crippen molar-refractivity contribution in [3.8, 4) is 0 Å². The molecule has 0 radical (unpaired) electrons. The van der Waals surface area contributed by atoms with Gasteiger partial charge in [0.05, 0.1) is 0 Å². The van der Waals surface area contributed by atoms with Crippen LogP contribution in [0.25, 0.3) is 0 Å². The van der Waals surface area contributed by atoms with Gasteiger partial charge in [-0.15, -0.1) is 0 Å². The lowest BCUT2D eigenvalue weighted by molar-refractivity contribution is -0.139. The lowest BCUT2D eigenvalue weighted by Gasteiger charge is -2.24. The molecular formula is C12H22N2O4S. The molecule has 1 fully saturated rings. The molecule has 7 heteroatoms. The fourth-order valence-corrected chi connectivity index (χ4v) is 3.32. The van der Waals surface area contributed by atoms with Crippen molar-refractivity contribution in [3.05, 3.63) is 0 Å². The van der Waals surface area contributed by atoms with E-state index in [0.29, 0.717) is 30.8 Å². The number of nitrogens with one attached hydrogen (secondary N) is 2. The summed E-state index contributed by atoms with van der Waals surface area (Å²) >= 11 is 0. The van der Waals surface area contributed by atoms with Gasteiger partial charge in [0, 0.05) is 28.3 Å². The zero-order valence-corrected chi connectivity index (χ0v) is 12.2. The van der Waals surface area contributed by atoms with Crippen LogP contribution in [0.3, 0.4) is 0 Å². The summed E-state index contributed by atoms with van der Waals surface area (Å²) in [5, 5.41) is 14.3. The Bertz CT molecular complexity index is 350. The molecule has 0 saturated carbocycles. The van der Waals surface area contributed by atoms with Gasteiger partial charge in [0.1, 0.15) is 6.04 Å². The number of carboxylic acid groups (broad SMARTS) is 1. The number of aliphatic carboxylic acids is 1. The van der Waals surface area contributed by atoms with Crippen LogP contribution in [0, 0.1) is 5.92 Å². The van der Waals surface area contributed by atoms with E-state index >= 15 is 0 Å². The quantitative estimate of drug-likeness (QED) is 0.694. The van der Waals surface area contributed by atoms with Gasteiger partial charge in [0.2, 0.25) is 0 Å². The fourth-order valence-electron chi connectivity index (χ4n) is 2.02. The van der Waals surface area contributed by atoms with Crippen molar-refractivity contribution in [2.24, 2.45) is 5.92 Å². The second kappa shape index (κ2) is 7.47. The molecular weight excluding hydrogens is 268 g/mol. The maximum atomic E-state index is 11.7. The minimum Gasteiger partial charge on any atom is -0.480 e. The Labute approximate surface area is 115 Å². The summed E-state index contributed by atoms with van der Waals surface area (Å²) in [6.45, 7) is 3.82. The molecule has 0 aromatic heterocycles. The number of urea groups is 1. The van der Waals surface area contributed by atoms with E-state index in [0.717, 1.165) is 0 Å². The molecule has 2 amide bonds. The van der Waals surface area contributed by atoms with Crippen LogP contribution in [0.5, 0.6) is 0 Å². The van der Waals surface area contributed by atoms with Crippen LogP contribution < -0.4 is 10.6 Å². The molecule has 3 N–H and O–H groups in total. The van der Waals surface area contributed by atoms with Gasteiger partial charge in [-0.2, -0.15) is 0 Å². The molecule has 1 aliphatic heterocycles. The average Bonchev–Trinajstić information content (AvgIpc) is 2.30. The maximum absolute atomic E-state index is 11.7. The number of amides is 2. The molecule has 0 bridgehead atoms. The summed E-state index contributed by atoms with van der Waals surface area (Å²) in [5.74, 6) is 0.366. The van der Waals surface area contributed by atoms with E-state index in [-0.39, 0.29) is 12.0 Å². The van der Waals surface area contributed by atoms with Gasteiger partial charge in [-0.25, -0.2) is 9.59 Å². The topological polar surface area (TPSA) is 95.5 Å². The lowest BCUT2D eigenvalue weighted by atomic mass is 10.0. The van der Waals surface area contributed by atoms with E-state index in [4.69, 9.17) is 5.11 Å². The predicted molar refractivity (Wildman–Crippen MR) is 73.4 cm³/mol. The van der Waals surface area contributed by atoms with Crippen LogP contribution in [-0.4, -0.2) is 44.9 Å². The van der Waals surface area contributed by atoms with E-state index in [1.165, 1.54) is 0 Å². The summed E-state index contributed by atoms with van der Waals surface area (Å²) in [6, 6.07) is -1.32. The molecule has 1 heterocycles. The van der Waals surface area contributed by atoms with Crippen LogP contribution in [0.2, 0.25) is 0 Å². The Kier molecular flexibility index (Phi) is 6.27. The van der Waals surface area contributed by atoms with Gasteiger partial charge >= 0.3 is 12.0 Å². The van der Waals surface area contributed by atoms with E-state index in [2.05, 4.69) is 10.6 Å². The Hall–Kier alpha value is -1.11. The fraction of sp³-hybridized carbons (Fsp3) is 0.833. The van der Waals surface area contributed by atoms with Crippen molar-refractivity contribution in [3.63, 3.8) is 0 Å². The first kappa shape index (κ1) is 15.9. The summed E-state index contributed by atoms with van der Waals surface area (Å²) in [4.78, 5) is 22.8. The molecule has 0 aromatic rings. The van der Waals surface area contributed by atoms with Crippen LogP contribution in [-0.2, 0) is 15.6 Å². The summed E-state index contributed by atoms with van der Waals surface area (Å²) in [7, 11) is -0.767. The first-order valence-electron chi connectivity index (χ1n) is 6.53. The molecule has 1 atom stereocenters. The van der Waals surface area contributed by atoms with Crippen molar-refractivity contribution in [2.45, 2.75) is 45.2 Å². The zero-order chi connectivity index (χ0) is 14.4. The van der Waals surface area contributed by atoms with Crippen LogP contribution in [0.1, 0.15) is 33.1 Å². The van der Waals surface area contributed by atoms with Crippen LogP contribution >= 0.6 is 0 Å². The molecule has 1 aliphatic rings. The highest BCUT2D eigenvalue weighted by Crippen LogP contribution is 2.09. The van der Waals surface area contributed by atoms with Crippen LogP contribution in [0.4, 0.5) is 4.79 Å². The van der Waals surface area contributed by atoms with E-state index < -0.39 is 28.8 Å². The van der Waals surface area contributed by atoms with Crippen molar-refractivity contribution in [1.29, 1.82) is 0 Å². The monoisotopic (exact) mass is 290 g/mol. The van der Waals surface area contributed by atoms with E-state index in [1.54, 1.807) is 0 Å². The molecule has 0 aromatic carbocycles. The standard InChI is InChI=1S/C12H22N2O4S/c1-8(2)7-10(11(15)16)14-12(17)13-9-3-5-19(18)6-4-9/h8-10H,3-7H2,1-2H3,(H,15,16)(H2,13,14,17). The minimum atomic E-state index is -1.02. The van der Waals surface area contributed by atoms with Crippen molar-refractivity contribution >= 4 is 22.8 Å². The number of rotatable bonds is 5. The molecule has 19 heavy (non-hydrogen) atoms. The van der Waals surface area contributed by atoms with Gasteiger partial charge < -0.3 is 15.7 Å². The van der Waals surface area contributed by atoms with Crippen molar-refractivity contribution < 1.29 is 18.9 Å². The third kappa shape index (κ3) is 6.04. The number of hydrogen-bond acceptors (Lipinski definition) is 3. The number of hydrogen-bond donors (Lipinski definition) is 3. The largest absolute Gasteiger partial charge is 0.480 e. The summed E-state index contributed by atoms with van der Waals surface area (Å²) < 4.78 is 11.2. The normalized spacial score (nSPS) is 24.8. The Balaban J connectivity index is 2.40. The lowest BCUT2D eigenvalue weighted by Crippen LogP contribution is -2.50. The highest BCUT2D eigenvalue weighted by Gasteiger charge is 2.24. The third-order valence-electron chi connectivity index (χ3n) is 3.03. The molecule has 1 saturated heterocycles. The third-order valence-corrected chi connectivity index (χ3v) is 4.42. The second-order valence-electron chi connectivity index (χ2n) is 5.26. The van der Waals surface area contributed by atoms with Gasteiger partial charge in [0.15, 0.2) is 0 Å². The Morgan fingerprint density at radius 2 is 1.89 bits per heavy atom. The predicted octanol–water partition coefficient (Wildman–Crippen LogP) is 0.696. The van der Waals surface area contributed by atoms with Gasteiger partial charge in [-0.1, -0.05) is 13.8 Å². The van der Waals surface area contributed by atoms with Gasteiger partial charge in [-0.05, 0) is 25.2 Å². The van der Waals surface area contributed by atoms with Crippen LogP contribution in [0.15, 0.2) is 0 Å². The molecule has 1 unspecified atom stereocenters. The van der Waals surface area contributed by atoms with Gasteiger partial charge in [0.25, 0.3) is 0 Å². The molecule has 110 valence electrons. The summed E-state index contributed by atoms with van der Waals surface area (Å²) in [6.07, 6.45) is 1.77. The molecule has 0 spiro atoms. The number of carbonyl (C=O) groups is 2. The molecule has 1 rings (SSSR count). The Morgan fingerprint density at radius 1 is 1.32 bits per heavy atom. The van der Waals surface area contributed by atoms with E-state index in [9.17, 15) is 13.8 Å².